The van der Waals surface area contributed by atoms with E-state index in [2.05, 4.69) is 30.5 Å². The quantitative estimate of drug-likeness (QED) is 0.685. The maximum atomic E-state index is 5.24. The fraction of sp³-hybridized carbons (Fsp3) is 0.429. The van der Waals surface area contributed by atoms with E-state index >= 15 is 0 Å². The van der Waals surface area contributed by atoms with E-state index in [0.29, 0.717) is 0 Å². The number of fused-ring (bicyclic) bond motifs is 1. The van der Waals surface area contributed by atoms with Gasteiger partial charge in [0, 0.05) is 4.70 Å². The molecular weight excluding hydrogens is 216 g/mol. The molecule has 0 amide bonds. The van der Waals surface area contributed by atoms with Crippen molar-refractivity contribution in [2.45, 2.75) is 32.6 Å². The van der Waals surface area contributed by atoms with Crippen LogP contribution in [-0.2, 0) is 6.42 Å². The summed E-state index contributed by atoms with van der Waals surface area (Å²) in [4.78, 5) is 0. The van der Waals surface area contributed by atoms with Crippen molar-refractivity contribution in [2.75, 3.05) is 7.11 Å². The zero-order valence-corrected chi connectivity index (χ0v) is 10.8. The van der Waals surface area contributed by atoms with Crippen LogP contribution >= 0.6 is 11.3 Å². The summed E-state index contributed by atoms with van der Waals surface area (Å²) in [5.74, 6) is 0.953. The van der Waals surface area contributed by atoms with E-state index in [9.17, 15) is 0 Å². The molecule has 0 spiro atoms. The Morgan fingerprint density at radius 1 is 1.25 bits per heavy atom. The maximum Gasteiger partial charge on any atom is 0.120 e. The zero-order chi connectivity index (χ0) is 11.4. The molecule has 0 radical (unpaired) electrons. The molecule has 86 valence electrons. The predicted octanol–water partition coefficient (Wildman–Crippen LogP) is 4.64. The number of thiophene rings is 1. The van der Waals surface area contributed by atoms with E-state index in [0.717, 1.165) is 5.75 Å². The number of methoxy groups -OCH3 is 1. The van der Waals surface area contributed by atoms with Gasteiger partial charge in [-0.05, 0) is 47.4 Å². The number of rotatable bonds is 5. The summed E-state index contributed by atoms with van der Waals surface area (Å²) in [5.41, 5.74) is 1.50. The molecule has 2 heteroatoms. The van der Waals surface area contributed by atoms with Crippen LogP contribution < -0.4 is 4.74 Å². The second kappa shape index (κ2) is 5.35. The minimum Gasteiger partial charge on any atom is -0.497 e. The normalized spacial score (nSPS) is 10.9. The highest BCUT2D eigenvalue weighted by Gasteiger charge is 2.04. The Labute approximate surface area is 101 Å². The summed E-state index contributed by atoms with van der Waals surface area (Å²) in [5, 5.41) is 3.70. The molecule has 16 heavy (non-hydrogen) atoms. The molecule has 0 N–H and O–H groups in total. The zero-order valence-electron chi connectivity index (χ0n) is 9.95. The van der Waals surface area contributed by atoms with Crippen molar-refractivity contribution in [1.29, 1.82) is 0 Å². The first-order valence-electron chi connectivity index (χ1n) is 5.89. The average Bonchev–Trinajstić information content (AvgIpc) is 2.72. The lowest BCUT2D eigenvalue weighted by Gasteiger charge is -2.01. The van der Waals surface area contributed by atoms with Crippen LogP contribution in [0.1, 0.15) is 31.7 Å². The molecule has 0 aliphatic rings. The minimum absolute atomic E-state index is 0.953. The lowest BCUT2D eigenvalue weighted by atomic mass is 10.1. The number of hydrogen-bond acceptors (Lipinski definition) is 2. The fourth-order valence-electron chi connectivity index (χ4n) is 1.95. The summed E-state index contributed by atoms with van der Waals surface area (Å²) in [6.45, 7) is 2.25. The van der Waals surface area contributed by atoms with Gasteiger partial charge in [-0.3, -0.25) is 0 Å². The van der Waals surface area contributed by atoms with Crippen LogP contribution in [-0.4, -0.2) is 7.11 Å². The third-order valence-corrected chi connectivity index (χ3v) is 3.91. The molecule has 0 unspecified atom stereocenters. The van der Waals surface area contributed by atoms with Crippen LogP contribution in [0, 0.1) is 0 Å². The van der Waals surface area contributed by atoms with Crippen LogP contribution in [0.15, 0.2) is 23.6 Å². The Morgan fingerprint density at radius 3 is 2.88 bits per heavy atom. The van der Waals surface area contributed by atoms with Gasteiger partial charge in [-0.1, -0.05) is 19.8 Å². The van der Waals surface area contributed by atoms with Crippen molar-refractivity contribution in [3.05, 3.63) is 29.1 Å². The number of benzene rings is 1. The van der Waals surface area contributed by atoms with E-state index in [1.807, 2.05) is 11.3 Å². The van der Waals surface area contributed by atoms with Crippen molar-refractivity contribution < 1.29 is 4.74 Å². The molecule has 0 aliphatic heterocycles. The average molecular weight is 234 g/mol. The van der Waals surface area contributed by atoms with Gasteiger partial charge in [0.2, 0.25) is 0 Å². The first kappa shape index (κ1) is 11.5. The van der Waals surface area contributed by atoms with Gasteiger partial charge in [0.05, 0.1) is 7.11 Å². The van der Waals surface area contributed by atoms with Crippen molar-refractivity contribution in [1.82, 2.24) is 0 Å². The van der Waals surface area contributed by atoms with Crippen molar-refractivity contribution >= 4 is 21.4 Å². The van der Waals surface area contributed by atoms with E-state index in [4.69, 9.17) is 4.74 Å². The van der Waals surface area contributed by atoms with Gasteiger partial charge in [-0.15, -0.1) is 11.3 Å². The summed E-state index contributed by atoms with van der Waals surface area (Å²) in [7, 11) is 1.72. The lowest BCUT2D eigenvalue weighted by molar-refractivity contribution is 0.415. The molecule has 0 atom stereocenters. The molecule has 0 bridgehead atoms. The molecule has 1 heterocycles. The van der Waals surface area contributed by atoms with E-state index in [-0.39, 0.29) is 0 Å². The third kappa shape index (κ3) is 2.38. The summed E-state index contributed by atoms with van der Waals surface area (Å²) in [6, 6.07) is 6.37. The van der Waals surface area contributed by atoms with Gasteiger partial charge in [0.15, 0.2) is 0 Å². The van der Waals surface area contributed by atoms with Crippen LogP contribution in [0.4, 0.5) is 0 Å². The molecular formula is C14H18OS. The summed E-state index contributed by atoms with van der Waals surface area (Å²) >= 11 is 1.82. The Morgan fingerprint density at radius 2 is 2.12 bits per heavy atom. The number of hydrogen-bond donors (Lipinski definition) is 0. The molecule has 0 saturated heterocycles. The highest BCUT2D eigenvalue weighted by molar-refractivity contribution is 7.17. The first-order chi connectivity index (χ1) is 7.85. The molecule has 0 saturated carbocycles. The summed E-state index contributed by atoms with van der Waals surface area (Å²) in [6.07, 6.45) is 5.12. The van der Waals surface area contributed by atoms with Gasteiger partial charge in [-0.25, -0.2) is 0 Å². The van der Waals surface area contributed by atoms with Crippen molar-refractivity contribution in [2.24, 2.45) is 0 Å². The van der Waals surface area contributed by atoms with E-state index < -0.39 is 0 Å². The Hall–Kier alpha value is -1.02. The van der Waals surface area contributed by atoms with E-state index in [1.54, 1.807) is 7.11 Å². The number of ether oxygens (including phenoxy) is 1. The van der Waals surface area contributed by atoms with Gasteiger partial charge in [0.1, 0.15) is 5.75 Å². The van der Waals surface area contributed by atoms with E-state index in [1.165, 1.54) is 41.3 Å². The second-order valence-electron chi connectivity index (χ2n) is 4.08. The van der Waals surface area contributed by atoms with Crippen LogP contribution in [0.3, 0.4) is 0 Å². The van der Waals surface area contributed by atoms with Crippen LogP contribution in [0.2, 0.25) is 0 Å². The first-order valence-corrected chi connectivity index (χ1v) is 6.77. The Balaban J connectivity index is 2.20. The van der Waals surface area contributed by atoms with Gasteiger partial charge in [0.25, 0.3) is 0 Å². The minimum atomic E-state index is 0.953. The maximum absolute atomic E-state index is 5.24. The molecule has 1 nitrogen and oxygen atoms in total. The lowest BCUT2D eigenvalue weighted by Crippen LogP contribution is -1.84. The summed E-state index contributed by atoms with van der Waals surface area (Å²) < 4.78 is 6.58. The monoisotopic (exact) mass is 234 g/mol. The Bertz CT molecular complexity index is 459. The van der Waals surface area contributed by atoms with Crippen molar-refractivity contribution in [3.8, 4) is 5.75 Å². The third-order valence-electron chi connectivity index (χ3n) is 2.91. The highest BCUT2D eigenvalue weighted by Crippen LogP contribution is 2.30. The molecule has 1 aromatic carbocycles. The van der Waals surface area contributed by atoms with Gasteiger partial charge in [-0.2, -0.15) is 0 Å². The molecule has 0 fully saturated rings. The predicted molar refractivity (Wildman–Crippen MR) is 71.6 cm³/mol. The number of aryl methyl sites for hydroxylation is 1. The van der Waals surface area contributed by atoms with Crippen LogP contribution in [0.25, 0.3) is 10.1 Å². The second-order valence-corrected chi connectivity index (χ2v) is 4.99. The van der Waals surface area contributed by atoms with Gasteiger partial charge >= 0.3 is 0 Å². The smallest absolute Gasteiger partial charge is 0.120 e. The largest absolute Gasteiger partial charge is 0.497 e. The van der Waals surface area contributed by atoms with Crippen molar-refractivity contribution in [3.63, 3.8) is 0 Å². The number of unbranched alkanes of at least 4 members (excludes halogenated alkanes) is 2. The molecule has 2 rings (SSSR count). The molecule has 1 aromatic heterocycles. The topological polar surface area (TPSA) is 9.23 Å². The fourth-order valence-corrected chi connectivity index (χ4v) is 2.97. The van der Waals surface area contributed by atoms with Crippen LogP contribution in [0.5, 0.6) is 5.75 Å². The Kier molecular flexibility index (Phi) is 3.83. The SMILES string of the molecule is CCCCCc1csc2cc(OC)ccc12. The van der Waals surface area contributed by atoms with Gasteiger partial charge < -0.3 is 4.74 Å². The molecule has 2 aromatic rings. The molecule has 0 aliphatic carbocycles. The highest BCUT2D eigenvalue weighted by atomic mass is 32.1. The standard InChI is InChI=1S/C14H18OS/c1-3-4-5-6-11-10-16-14-9-12(15-2)7-8-13(11)14/h7-10H,3-6H2,1-2H3.